The molecule has 1 atom stereocenters. The number of hydrogen-bond acceptors (Lipinski definition) is 4. The minimum absolute atomic E-state index is 0.712. The van der Waals surface area contributed by atoms with Crippen LogP contribution in [0.5, 0.6) is 0 Å². The molecule has 2 N–H and O–H groups in total. The van der Waals surface area contributed by atoms with Crippen LogP contribution in [0.25, 0.3) is 0 Å². The number of unbranched alkanes of at least 4 members (excludes halogenated alkanes) is 1. The van der Waals surface area contributed by atoms with Crippen molar-refractivity contribution in [3.8, 4) is 0 Å². The molecule has 1 aromatic heterocycles. The van der Waals surface area contributed by atoms with Gasteiger partial charge in [-0.15, -0.1) is 11.3 Å². The maximum absolute atomic E-state index is 5.81. The number of nitrogens with two attached hydrogens (primary N) is 1. The van der Waals surface area contributed by atoms with Gasteiger partial charge in [-0.05, 0) is 45.2 Å². The number of hydrogen-bond donors (Lipinski definition) is 1. The number of nitrogens with zero attached hydrogens (tertiary/aromatic N) is 2. The Bertz CT molecular complexity index is 375. The van der Waals surface area contributed by atoms with Crippen LogP contribution in [0.15, 0.2) is 0 Å². The summed E-state index contributed by atoms with van der Waals surface area (Å²) in [5.41, 5.74) is 7.08. The van der Waals surface area contributed by atoms with E-state index >= 15 is 0 Å². The van der Waals surface area contributed by atoms with Gasteiger partial charge in [0.1, 0.15) is 0 Å². The van der Waals surface area contributed by atoms with Crippen molar-refractivity contribution in [2.24, 2.45) is 0 Å². The second-order valence-electron chi connectivity index (χ2n) is 5.21. The summed E-state index contributed by atoms with van der Waals surface area (Å²) in [6, 6.07) is 0.712. The molecule has 4 heteroatoms. The van der Waals surface area contributed by atoms with Gasteiger partial charge in [0.05, 0.1) is 5.69 Å². The molecule has 18 heavy (non-hydrogen) atoms. The van der Waals surface area contributed by atoms with E-state index in [0.717, 1.165) is 18.0 Å². The van der Waals surface area contributed by atoms with E-state index in [4.69, 9.17) is 5.73 Å². The van der Waals surface area contributed by atoms with Gasteiger partial charge < -0.3 is 10.6 Å². The lowest BCUT2D eigenvalue weighted by atomic mass is 9.96. The number of thiazole rings is 1. The summed E-state index contributed by atoms with van der Waals surface area (Å²) in [6.07, 6.45) is 7.37. The summed E-state index contributed by atoms with van der Waals surface area (Å²) in [7, 11) is 0. The molecular formula is C14H25N3S. The molecule has 102 valence electrons. The van der Waals surface area contributed by atoms with Crippen LogP contribution in [0.3, 0.4) is 0 Å². The second-order valence-corrected chi connectivity index (χ2v) is 6.32. The number of aryl methyl sites for hydroxylation is 1. The van der Waals surface area contributed by atoms with E-state index < -0.39 is 0 Å². The topological polar surface area (TPSA) is 42.2 Å². The van der Waals surface area contributed by atoms with E-state index in [0.29, 0.717) is 6.04 Å². The molecule has 0 fully saturated rings. The van der Waals surface area contributed by atoms with E-state index in [1.165, 1.54) is 49.3 Å². The molecule has 0 saturated heterocycles. The van der Waals surface area contributed by atoms with E-state index in [-0.39, 0.29) is 0 Å². The summed E-state index contributed by atoms with van der Waals surface area (Å²) < 4.78 is 0. The lowest BCUT2D eigenvalue weighted by Gasteiger charge is -2.33. The first-order valence-corrected chi connectivity index (χ1v) is 8.04. The third kappa shape index (κ3) is 3.23. The Labute approximate surface area is 114 Å². The van der Waals surface area contributed by atoms with E-state index in [1.54, 1.807) is 11.3 Å². The van der Waals surface area contributed by atoms with Gasteiger partial charge in [0, 0.05) is 10.9 Å². The van der Waals surface area contributed by atoms with Crippen LogP contribution in [0.1, 0.15) is 50.1 Å². The van der Waals surface area contributed by atoms with E-state index in [9.17, 15) is 0 Å². The van der Waals surface area contributed by atoms with Crippen LogP contribution in [0.4, 0.5) is 5.13 Å². The molecule has 2 rings (SSSR count). The Morgan fingerprint density at radius 2 is 2.17 bits per heavy atom. The van der Waals surface area contributed by atoms with Gasteiger partial charge in [-0.1, -0.05) is 20.3 Å². The summed E-state index contributed by atoms with van der Waals surface area (Å²) in [4.78, 5) is 8.55. The molecule has 0 amide bonds. The molecule has 1 aliphatic carbocycles. The fourth-order valence-corrected chi connectivity index (χ4v) is 3.76. The molecule has 1 heterocycles. The summed E-state index contributed by atoms with van der Waals surface area (Å²) >= 11 is 1.69. The number of aromatic nitrogens is 1. The molecule has 0 saturated carbocycles. The Hall–Kier alpha value is -0.610. The predicted octanol–water partition coefficient (Wildman–Crippen LogP) is 3.09. The highest BCUT2D eigenvalue weighted by molar-refractivity contribution is 7.15. The lowest BCUT2D eigenvalue weighted by Crippen LogP contribution is -2.40. The average Bonchev–Trinajstić information content (AvgIpc) is 2.73. The average molecular weight is 267 g/mol. The Morgan fingerprint density at radius 1 is 1.33 bits per heavy atom. The van der Waals surface area contributed by atoms with Crippen molar-refractivity contribution in [1.82, 2.24) is 9.88 Å². The van der Waals surface area contributed by atoms with E-state index in [2.05, 4.69) is 23.7 Å². The number of nitrogen functional groups attached to an aromatic ring is 1. The van der Waals surface area contributed by atoms with Crippen LogP contribution >= 0.6 is 11.3 Å². The quantitative estimate of drug-likeness (QED) is 0.861. The minimum Gasteiger partial charge on any atom is -0.375 e. The predicted molar refractivity (Wildman–Crippen MR) is 79.1 cm³/mol. The molecule has 0 unspecified atom stereocenters. The fourth-order valence-electron chi connectivity index (χ4n) is 2.81. The summed E-state index contributed by atoms with van der Waals surface area (Å²) in [6.45, 7) is 7.03. The normalized spacial score (nSPS) is 19.2. The number of anilines is 1. The molecule has 0 radical (unpaired) electrons. The Kier molecular flexibility index (Phi) is 5.01. The van der Waals surface area contributed by atoms with Crippen molar-refractivity contribution >= 4 is 16.5 Å². The van der Waals surface area contributed by atoms with Gasteiger partial charge >= 0.3 is 0 Å². The van der Waals surface area contributed by atoms with Crippen LogP contribution in [0.2, 0.25) is 0 Å². The third-order valence-electron chi connectivity index (χ3n) is 3.76. The smallest absolute Gasteiger partial charge is 0.180 e. The third-order valence-corrected chi connectivity index (χ3v) is 4.71. The molecule has 0 spiro atoms. The highest BCUT2D eigenvalue weighted by atomic mass is 32.1. The zero-order chi connectivity index (χ0) is 13.0. The van der Waals surface area contributed by atoms with Crippen molar-refractivity contribution in [3.05, 3.63) is 10.6 Å². The highest BCUT2D eigenvalue weighted by Gasteiger charge is 2.25. The van der Waals surface area contributed by atoms with Crippen LogP contribution < -0.4 is 5.73 Å². The largest absolute Gasteiger partial charge is 0.375 e. The zero-order valence-electron chi connectivity index (χ0n) is 11.6. The number of fused-ring (bicyclic) bond motifs is 1. The van der Waals surface area contributed by atoms with Gasteiger partial charge in [0.2, 0.25) is 0 Å². The van der Waals surface area contributed by atoms with Crippen molar-refractivity contribution in [2.75, 3.05) is 18.8 Å². The summed E-state index contributed by atoms with van der Waals surface area (Å²) in [5, 5.41) is 0.747. The maximum Gasteiger partial charge on any atom is 0.180 e. The molecule has 0 aliphatic heterocycles. The molecular weight excluding hydrogens is 242 g/mol. The van der Waals surface area contributed by atoms with E-state index in [1.807, 2.05) is 0 Å². The number of rotatable bonds is 6. The van der Waals surface area contributed by atoms with Gasteiger partial charge in [0.25, 0.3) is 0 Å². The van der Waals surface area contributed by atoms with Crippen molar-refractivity contribution in [2.45, 2.75) is 58.4 Å². The Morgan fingerprint density at radius 3 is 2.89 bits per heavy atom. The van der Waals surface area contributed by atoms with Gasteiger partial charge in [-0.3, -0.25) is 0 Å². The fraction of sp³-hybridized carbons (Fsp3) is 0.786. The molecule has 1 aliphatic rings. The van der Waals surface area contributed by atoms with Crippen LogP contribution in [-0.4, -0.2) is 29.0 Å². The minimum atomic E-state index is 0.712. The van der Waals surface area contributed by atoms with Gasteiger partial charge in [0.15, 0.2) is 5.13 Å². The molecule has 3 nitrogen and oxygen atoms in total. The molecule has 0 aromatic carbocycles. The Balaban J connectivity index is 2.00. The van der Waals surface area contributed by atoms with Crippen LogP contribution in [-0.2, 0) is 12.8 Å². The highest BCUT2D eigenvalue weighted by Crippen LogP contribution is 2.30. The van der Waals surface area contributed by atoms with Gasteiger partial charge in [-0.2, -0.15) is 0 Å². The molecule has 1 aromatic rings. The first-order chi connectivity index (χ1) is 8.74. The molecule has 0 bridgehead atoms. The zero-order valence-corrected chi connectivity index (χ0v) is 12.4. The summed E-state index contributed by atoms with van der Waals surface area (Å²) in [5.74, 6) is 0. The first kappa shape index (κ1) is 13.8. The van der Waals surface area contributed by atoms with Crippen molar-refractivity contribution in [1.29, 1.82) is 0 Å². The van der Waals surface area contributed by atoms with Gasteiger partial charge in [-0.25, -0.2) is 4.98 Å². The second kappa shape index (κ2) is 6.53. The SMILES string of the molecule is CCCCN(CCC)[C@H]1CCc2nc(N)sc2C1. The monoisotopic (exact) mass is 267 g/mol. The van der Waals surface area contributed by atoms with Crippen molar-refractivity contribution < 1.29 is 0 Å². The first-order valence-electron chi connectivity index (χ1n) is 7.22. The lowest BCUT2D eigenvalue weighted by molar-refractivity contribution is 0.177. The van der Waals surface area contributed by atoms with Crippen LogP contribution in [0, 0.1) is 0 Å². The maximum atomic E-state index is 5.81. The van der Waals surface area contributed by atoms with Crippen molar-refractivity contribution in [3.63, 3.8) is 0 Å². The standard InChI is InChI=1S/C14H25N3S/c1-3-5-9-17(8-4-2)11-6-7-12-13(10-11)18-14(15)16-12/h11H,3-10H2,1-2H3,(H2,15,16)/t11-/m0/s1.